The minimum Gasteiger partial charge on any atom is -0.478 e. The zero-order chi connectivity index (χ0) is 25.4. The molecule has 0 bridgehead atoms. The molecule has 1 unspecified atom stereocenters. The molecule has 0 saturated carbocycles. The van der Waals surface area contributed by atoms with Crippen molar-refractivity contribution in [2.45, 2.75) is 45.0 Å². The smallest absolute Gasteiger partial charge is 0.362 e. The maximum absolute atomic E-state index is 13.0. The summed E-state index contributed by atoms with van der Waals surface area (Å²) in [6.07, 6.45) is 1.39. The summed E-state index contributed by atoms with van der Waals surface area (Å²) in [5.74, 6) is -3.52. The highest BCUT2D eigenvalue weighted by Gasteiger charge is 2.54. The second-order valence-corrected chi connectivity index (χ2v) is 9.77. The molecule has 0 aliphatic carbocycles. The molecule has 2 aromatic rings. The number of aromatic nitrogens is 4. The minimum absolute atomic E-state index is 0.0690. The van der Waals surface area contributed by atoms with Crippen LogP contribution in [0.1, 0.15) is 25.2 Å². The quantitative estimate of drug-likeness (QED) is 0.128. The van der Waals surface area contributed by atoms with E-state index < -0.39 is 51.5 Å². The highest BCUT2D eigenvalue weighted by atomic mass is 32.2. The maximum Gasteiger partial charge on any atom is 0.362 e. The predicted molar refractivity (Wildman–Crippen MR) is 115 cm³/mol. The number of carbonyl (C=O) groups is 3. The zero-order valence-electron chi connectivity index (χ0n) is 17.9. The molecule has 1 aliphatic rings. The summed E-state index contributed by atoms with van der Waals surface area (Å²) >= 11 is 0.964. The number of nitrogens with one attached hydrogen (secondary N) is 1. The molecule has 5 N–H and O–H groups in total. The van der Waals surface area contributed by atoms with Crippen LogP contribution in [-0.4, -0.2) is 83.5 Å². The van der Waals surface area contributed by atoms with Crippen LogP contribution in [0.4, 0.5) is 5.13 Å². The number of nitrogens with two attached hydrogens (primary N) is 1. The van der Waals surface area contributed by atoms with Gasteiger partial charge in [0, 0.05) is 5.38 Å². The number of aliphatic carboxylic acids is 1. The summed E-state index contributed by atoms with van der Waals surface area (Å²) in [5, 5.41) is 24.5. The molecule has 3 rings (SSSR count). The molecular formula is C16H20N8O8S2. The number of β-lactam (4-membered cyclic amide) rings is 1. The first-order valence-electron chi connectivity index (χ1n) is 9.40. The van der Waals surface area contributed by atoms with Gasteiger partial charge in [-0.2, -0.15) is 23.4 Å². The summed E-state index contributed by atoms with van der Waals surface area (Å²) in [5.41, 5.74) is 3.72. The van der Waals surface area contributed by atoms with Gasteiger partial charge in [-0.05, 0) is 20.8 Å². The summed E-state index contributed by atoms with van der Waals surface area (Å²) in [4.78, 5) is 46.7. The van der Waals surface area contributed by atoms with Crippen molar-refractivity contribution in [2.24, 2.45) is 5.16 Å². The van der Waals surface area contributed by atoms with E-state index in [-0.39, 0.29) is 21.7 Å². The van der Waals surface area contributed by atoms with Gasteiger partial charge in [0.25, 0.3) is 11.8 Å². The Balaban J connectivity index is 1.89. The number of amides is 2. The van der Waals surface area contributed by atoms with Crippen LogP contribution in [-0.2, 0) is 36.1 Å². The van der Waals surface area contributed by atoms with Crippen LogP contribution in [0.3, 0.4) is 0 Å². The van der Waals surface area contributed by atoms with E-state index in [4.69, 9.17) is 10.6 Å². The number of nitrogens with zero attached hydrogens (tertiary/aromatic N) is 6. The zero-order valence-corrected chi connectivity index (χ0v) is 19.6. The second-order valence-electron chi connectivity index (χ2n) is 7.59. The van der Waals surface area contributed by atoms with Gasteiger partial charge in [-0.3, -0.25) is 14.1 Å². The van der Waals surface area contributed by atoms with E-state index in [2.05, 4.69) is 25.7 Å². The van der Waals surface area contributed by atoms with Crippen molar-refractivity contribution in [3.8, 4) is 0 Å². The van der Waals surface area contributed by atoms with Crippen LogP contribution < -0.4 is 11.1 Å². The molecule has 2 aromatic heterocycles. The van der Waals surface area contributed by atoms with E-state index in [9.17, 15) is 32.5 Å². The van der Waals surface area contributed by atoms with Gasteiger partial charge in [0.1, 0.15) is 17.8 Å². The van der Waals surface area contributed by atoms with Crippen LogP contribution in [0.5, 0.6) is 0 Å². The number of carboxylic acids is 1. The third-order valence-electron chi connectivity index (χ3n) is 4.57. The lowest BCUT2D eigenvalue weighted by atomic mass is 9.98. The van der Waals surface area contributed by atoms with Crippen molar-refractivity contribution in [2.75, 3.05) is 5.73 Å². The second kappa shape index (κ2) is 8.95. The Kier molecular flexibility index (Phi) is 6.58. The lowest BCUT2D eigenvalue weighted by Crippen LogP contribution is -2.73. The molecule has 3 heterocycles. The molecule has 184 valence electrons. The Morgan fingerprint density at radius 1 is 1.41 bits per heavy atom. The van der Waals surface area contributed by atoms with E-state index in [1.54, 1.807) is 6.92 Å². The van der Waals surface area contributed by atoms with Crippen LogP contribution in [0.2, 0.25) is 0 Å². The number of carbonyl (C=O) groups excluding carboxylic acids is 2. The average molecular weight is 517 g/mol. The Bertz CT molecular complexity index is 1270. The summed E-state index contributed by atoms with van der Waals surface area (Å²) in [7, 11) is -4.94. The number of nitrogen functional groups attached to an aromatic ring is 1. The van der Waals surface area contributed by atoms with Gasteiger partial charge in [0.2, 0.25) is 5.60 Å². The molecule has 0 spiro atoms. The Morgan fingerprint density at radius 3 is 2.59 bits per heavy atom. The van der Waals surface area contributed by atoms with E-state index >= 15 is 0 Å². The summed E-state index contributed by atoms with van der Waals surface area (Å²) in [6, 6.07) is -2.69. The van der Waals surface area contributed by atoms with E-state index in [1.165, 1.54) is 25.4 Å². The number of carboxylic acid groups (broad SMARTS) is 1. The third kappa shape index (κ3) is 5.13. The fourth-order valence-electron chi connectivity index (χ4n) is 2.79. The number of hydrogen-bond acceptors (Lipinski definition) is 12. The van der Waals surface area contributed by atoms with Crippen molar-refractivity contribution in [1.29, 1.82) is 0 Å². The molecule has 1 saturated heterocycles. The number of oxime groups is 1. The van der Waals surface area contributed by atoms with Crippen molar-refractivity contribution >= 4 is 50.3 Å². The van der Waals surface area contributed by atoms with Crippen molar-refractivity contribution in [3.05, 3.63) is 23.0 Å². The number of aryl methyl sites for hydroxylation is 1. The number of thiazole rings is 1. The molecule has 16 nitrogen and oxygen atoms in total. The van der Waals surface area contributed by atoms with Gasteiger partial charge < -0.3 is 21.0 Å². The lowest BCUT2D eigenvalue weighted by molar-refractivity contribution is -0.161. The van der Waals surface area contributed by atoms with Crippen LogP contribution in [0.25, 0.3) is 0 Å². The van der Waals surface area contributed by atoms with Crippen LogP contribution in [0.15, 0.2) is 16.7 Å². The third-order valence-corrected chi connectivity index (χ3v) is 6.19. The van der Waals surface area contributed by atoms with Gasteiger partial charge >= 0.3 is 16.3 Å². The topological polar surface area (TPSA) is 232 Å². The van der Waals surface area contributed by atoms with Gasteiger partial charge in [-0.15, -0.1) is 11.3 Å². The first-order chi connectivity index (χ1) is 15.7. The van der Waals surface area contributed by atoms with E-state index in [1.807, 2.05) is 0 Å². The number of rotatable bonds is 9. The Morgan fingerprint density at radius 2 is 2.09 bits per heavy atom. The van der Waals surface area contributed by atoms with Crippen molar-refractivity contribution < 1.29 is 37.3 Å². The Labute approximate surface area is 196 Å². The molecule has 34 heavy (non-hydrogen) atoms. The molecule has 0 aromatic carbocycles. The van der Waals surface area contributed by atoms with Crippen molar-refractivity contribution in [1.82, 2.24) is 29.6 Å². The molecule has 1 aliphatic heterocycles. The van der Waals surface area contributed by atoms with Gasteiger partial charge in [0.05, 0.1) is 18.4 Å². The van der Waals surface area contributed by atoms with Crippen LogP contribution >= 0.6 is 11.3 Å². The fourth-order valence-corrected chi connectivity index (χ4v) is 4.21. The molecular weight excluding hydrogens is 496 g/mol. The largest absolute Gasteiger partial charge is 0.478 e. The molecule has 2 amide bonds. The number of anilines is 1. The first kappa shape index (κ1) is 25.0. The van der Waals surface area contributed by atoms with Gasteiger partial charge in [-0.25, -0.2) is 14.1 Å². The highest BCUT2D eigenvalue weighted by molar-refractivity contribution is 7.84. The summed E-state index contributed by atoms with van der Waals surface area (Å²) in [6.45, 7) is 3.75. The average Bonchev–Trinajstić information content (AvgIpc) is 3.32. The number of hydrogen-bond donors (Lipinski definition) is 4. The summed E-state index contributed by atoms with van der Waals surface area (Å²) < 4.78 is 33.0. The predicted octanol–water partition coefficient (Wildman–Crippen LogP) is -1.59. The Hall–Kier alpha value is -3.64. The van der Waals surface area contributed by atoms with E-state index in [0.29, 0.717) is 5.69 Å². The van der Waals surface area contributed by atoms with Gasteiger partial charge in [0.15, 0.2) is 10.8 Å². The molecule has 18 heteroatoms. The highest BCUT2D eigenvalue weighted by Crippen LogP contribution is 2.25. The fraction of sp³-hybridized carbons (Fsp3) is 0.438. The van der Waals surface area contributed by atoms with Crippen molar-refractivity contribution in [3.63, 3.8) is 0 Å². The monoisotopic (exact) mass is 516 g/mol. The lowest BCUT2D eigenvalue weighted by Gasteiger charge is -2.43. The normalized spacial score (nSPS) is 19.0. The molecule has 2 atom stereocenters. The minimum atomic E-state index is -4.94. The van der Waals surface area contributed by atoms with Crippen LogP contribution in [0, 0.1) is 6.92 Å². The SMILES string of the molecule is Cc1cnn(C[C@H]2C(NC(=O)/C(=N\OC(C)(C)C(=O)O)c3csc(N)n3)C(=O)N2S(=O)(=O)O)n1. The maximum atomic E-state index is 13.0. The van der Waals surface area contributed by atoms with Gasteiger partial charge in [-0.1, -0.05) is 5.16 Å². The van der Waals surface area contributed by atoms with E-state index in [0.717, 1.165) is 16.1 Å². The first-order valence-corrected chi connectivity index (χ1v) is 11.7. The molecule has 1 fully saturated rings. The standard InChI is InChI=1S/C16H20N8O8S2/c1-7-4-18-23(21-7)5-9-11(13(26)24(9)34(29,30)31)20-12(25)10(8-6-33-15(17)19-8)22-32-16(2,3)14(27)28/h4,6,9,11H,5H2,1-3H3,(H2,17,19)(H,20,25)(H,27,28)(H,29,30,31)/b22-10-/t9-,11?/m0/s1. The molecule has 0 radical (unpaired) electrons.